The normalized spacial score (nSPS) is 13.5. The van der Waals surface area contributed by atoms with Crippen molar-refractivity contribution in [3.05, 3.63) is 30.0 Å². The molecular weight excluding hydrogens is 236 g/mol. The van der Waals surface area contributed by atoms with E-state index in [0.29, 0.717) is 0 Å². The first-order valence-corrected chi connectivity index (χ1v) is 6.69. The van der Waals surface area contributed by atoms with Crippen LogP contribution in [0.3, 0.4) is 0 Å². The number of carbonyl (C=O) groups excluding carboxylic acids is 1. The van der Waals surface area contributed by atoms with E-state index in [9.17, 15) is 4.79 Å². The molecule has 0 spiro atoms. The molecule has 0 aliphatic carbocycles. The zero-order chi connectivity index (χ0) is 14.2. The summed E-state index contributed by atoms with van der Waals surface area (Å²) in [6.45, 7) is 10.2. The van der Waals surface area contributed by atoms with E-state index < -0.39 is 0 Å². The van der Waals surface area contributed by atoms with Crippen LogP contribution >= 0.6 is 0 Å². The number of aryl methyl sites for hydroxylation is 1. The third kappa shape index (κ3) is 2.65. The molecule has 3 heteroatoms. The number of hydrogen-bond acceptors (Lipinski definition) is 1. The lowest BCUT2D eigenvalue weighted by Crippen LogP contribution is -2.30. The van der Waals surface area contributed by atoms with Crippen LogP contribution in [0.25, 0.3) is 10.9 Å². The van der Waals surface area contributed by atoms with Crippen LogP contribution in [0.1, 0.15) is 33.4 Å². The van der Waals surface area contributed by atoms with Gasteiger partial charge in [0.25, 0.3) is 0 Å². The van der Waals surface area contributed by atoms with Gasteiger partial charge in [-0.25, -0.2) is 0 Å². The number of benzene rings is 1. The first kappa shape index (κ1) is 13.7. The first-order valence-electron chi connectivity index (χ1n) is 6.69. The highest BCUT2D eigenvalue weighted by Gasteiger charge is 2.27. The molecule has 0 aliphatic rings. The van der Waals surface area contributed by atoms with Crippen LogP contribution in [0.2, 0.25) is 0 Å². The van der Waals surface area contributed by atoms with Crippen LogP contribution in [-0.4, -0.2) is 10.9 Å². The molecule has 1 atom stereocenters. The van der Waals surface area contributed by atoms with Crippen molar-refractivity contribution in [3.8, 4) is 0 Å². The quantitative estimate of drug-likeness (QED) is 0.837. The van der Waals surface area contributed by atoms with Gasteiger partial charge in [0.1, 0.15) is 0 Å². The van der Waals surface area contributed by atoms with Crippen molar-refractivity contribution < 1.29 is 4.79 Å². The fourth-order valence-corrected chi connectivity index (χ4v) is 2.06. The monoisotopic (exact) mass is 258 g/mol. The molecule has 1 heterocycles. The fraction of sp³-hybridized carbons (Fsp3) is 0.438. The van der Waals surface area contributed by atoms with Gasteiger partial charge in [-0.3, -0.25) is 4.79 Å². The average molecular weight is 258 g/mol. The maximum Gasteiger partial charge on any atom is 0.227 e. The Morgan fingerprint density at radius 1 is 1.26 bits per heavy atom. The van der Waals surface area contributed by atoms with E-state index in [1.807, 2.05) is 38.1 Å². The number of H-pyrrole nitrogens is 1. The summed E-state index contributed by atoms with van der Waals surface area (Å²) >= 11 is 0. The number of fused-ring (bicyclic) bond motifs is 1. The molecule has 0 saturated heterocycles. The minimum absolute atomic E-state index is 0.0376. The Morgan fingerprint density at radius 3 is 2.53 bits per heavy atom. The Hall–Kier alpha value is -1.77. The standard InChI is InChI=1S/C16H22N2O/c1-10(16(3,4)5)15(19)18-14-11(2)17-13-9-7-6-8-12(13)14/h6-10,17H,1-5H3,(H,18,19). The lowest BCUT2D eigenvalue weighted by atomic mass is 9.81. The van der Waals surface area contributed by atoms with Crippen molar-refractivity contribution >= 4 is 22.5 Å². The third-order valence-electron chi connectivity index (χ3n) is 3.83. The molecule has 2 aromatic rings. The van der Waals surface area contributed by atoms with Crippen molar-refractivity contribution in [1.82, 2.24) is 4.98 Å². The summed E-state index contributed by atoms with van der Waals surface area (Å²) in [7, 11) is 0. The number of nitrogens with one attached hydrogen (secondary N) is 2. The van der Waals surface area contributed by atoms with E-state index in [1.165, 1.54) is 0 Å². The minimum Gasteiger partial charge on any atom is -0.357 e. The second-order valence-electron chi connectivity index (χ2n) is 6.25. The second kappa shape index (κ2) is 4.72. The van der Waals surface area contributed by atoms with Crippen molar-refractivity contribution in [2.75, 3.05) is 5.32 Å². The van der Waals surface area contributed by atoms with Gasteiger partial charge in [0.2, 0.25) is 5.91 Å². The Balaban J connectivity index is 2.32. The molecule has 0 saturated carbocycles. The lowest BCUT2D eigenvalue weighted by Gasteiger charge is -2.26. The number of aromatic nitrogens is 1. The molecular formula is C16H22N2O. The molecule has 2 rings (SSSR count). The zero-order valence-corrected chi connectivity index (χ0v) is 12.3. The van der Waals surface area contributed by atoms with Gasteiger partial charge in [-0.05, 0) is 18.4 Å². The largest absolute Gasteiger partial charge is 0.357 e. The number of anilines is 1. The molecule has 1 aromatic heterocycles. The highest BCUT2D eigenvalue weighted by molar-refractivity contribution is 6.03. The third-order valence-corrected chi connectivity index (χ3v) is 3.83. The Labute approximate surface area is 114 Å². The molecule has 0 aliphatic heterocycles. The summed E-state index contributed by atoms with van der Waals surface area (Å²) in [5.41, 5.74) is 2.91. The van der Waals surface area contributed by atoms with Crippen molar-refractivity contribution in [2.45, 2.75) is 34.6 Å². The zero-order valence-electron chi connectivity index (χ0n) is 12.3. The Morgan fingerprint density at radius 2 is 1.89 bits per heavy atom. The molecule has 102 valence electrons. The van der Waals surface area contributed by atoms with Crippen molar-refractivity contribution in [2.24, 2.45) is 11.3 Å². The summed E-state index contributed by atoms with van der Waals surface area (Å²) in [6, 6.07) is 8.02. The summed E-state index contributed by atoms with van der Waals surface area (Å²) in [5.74, 6) is 0.0286. The van der Waals surface area contributed by atoms with Crippen molar-refractivity contribution in [3.63, 3.8) is 0 Å². The first-order chi connectivity index (χ1) is 8.80. The summed E-state index contributed by atoms with van der Waals surface area (Å²) in [6.07, 6.45) is 0. The van der Waals surface area contributed by atoms with Gasteiger partial charge in [0, 0.05) is 22.5 Å². The fourth-order valence-electron chi connectivity index (χ4n) is 2.06. The van der Waals surface area contributed by atoms with Gasteiger partial charge in [-0.2, -0.15) is 0 Å². The number of carbonyl (C=O) groups is 1. The lowest BCUT2D eigenvalue weighted by molar-refractivity contribution is -0.122. The summed E-state index contributed by atoms with van der Waals surface area (Å²) in [5, 5.41) is 4.13. The van der Waals surface area contributed by atoms with Crippen molar-refractivity contribution in [1.29, 1.82) is 0 Å². The maximum absolute atomic E-state index is 12.3. The van der Waals surface area contributed by atoms with Gasteiger partial charge in [-0.15, -0.1) is 0 Å². The Bertz CT molecular complexity index is 605. The molecule has 19 heavy (non-hydrogen) atoms. The van der Waals surface area contributed by atoms with Crippen LogP contribution < -0.4 is 5.32 Å². The van der Waals surface area contributed by atoms with E-state index in [1.54, 1.807) is 0 Å². The highest BCUT2D eigenvalue weighted by atomic mass is 16.1. The predicted octanol–water partition coefficient (Wildman–Crippen LogP) is 4.10. The average Bonchev–Trinajstić information content (AvgIpc) is 2.64. The topological polar surface area (TPSA) is 44.9 Å². The van der Waals surface area contributed by atoms with Crippen LogP contribution in [-0.2, 0) is 4.79 Å². The van der Waals surface area contributed by atoms with Gasteiger partial charge in [0.15, 0.2) is 0 Å². The molecule has 3 nitrogen and oxygen atoms in total. The minimum atomic E-state index is -0.0411. The Kier molecular flexibility index (Phi) is 3.40. The van der Waals surface area contributed by atoms with E-state index in [0.717, 1.165) is 22.3 Å². The van der Waals surface area contributed by atoms with Gasteiger partial charge in [0.05, 0.1) is 5.69 Å². The van der Waals surface area contributed by atoms with Gasteiger partial charge in [-0.1, -0.05) is 45.9 Å². The highest BCUT2D eigenvalue weighted by Crippen LogP contribution is 2.30. The molecule has 2 N–H and O–H groups in total. The van der Waals surface area contributed by atoms with E-state index in [-0.39, 0.29) is 17.2 Å². The van der Waals surface area contributed by atoms with E-state index >= 15 is 0 Å². The van der Waals surface area contributed by atoms with Gasteiger partial charge < -0.3 is 10.3 Å². The summed E-state index contributed by atoms with van der Waals surface area (Å²) < 4.78 is 0. The number of aromatic amines is 1. The van der Waals surface area contributed by atoms with E-state index in [4.69, 9.17) is 0 Å². The predicted molar refractivity (Wildman–Crippen MR) is 80.3 cm³/mol. The molecule has 1 aromatic carbocycles. The van der Waals surface area contributed by atoms with Crippen LogP contribution in [0.5, 0.6) is 0 Å². The molecule has 1 unspecified atom stereocenters. The number of rotatable bonds is 2. The smallest absolute Gasteiger partial charge is 0.227 e. The number of para-hydroxylation sites is 1. The molecule has 0 radical (unpaired) electrons. The second-order valence-corrected chi connectivity index (χ2v) is 6.25. The molecule has 0 fully saturated rings. The number of amides is 1. The maximum atomic E-state index is 12.3. The van der Waals surface area contributed by atoms with Gasteiger partial charge >= 0.3 is 0 Å². The SMILES string of the molecule is Cc1[nH]c2ccccc2c1NC(=O)C(C)C(C)(C)C. The van der Waals surface area contributed by atoms with Crippen LogP contribution in [0.15, 0.2) is 24.3 Å². The van der Waals surface area contributed by atoms with Crippen LogP contribution in [0.4, 0.5) is 5.69 Å². The summed E-state index contributed by atoms with van der Waals surface area (Å²) in [4.78, 5) is 15.6. The number of hydrogen-bond donors (Lipinski definition) is 2. The molecule has 0 bridgehead atoms. The van der Waals surface area contributed by atoms with E-state index in [2.05, 4.69) is 31.1 Å². The molecule has 1 amide bonds. The van der Waals surface area contributed by atoms with Crippen LogP contribution in [0, 0.1) is 18.3 Å².